The van der Waals surface area contributed by atoms with Gasteiger partial charge in [-0.15, -0.1) is 0 Å². The largest absolute Gasteiger partial charge is 0.366 e. The molecule has 0 spiro atoms. The lowest BCUT2D eigenvalue weighted by molar-refractivity contribution is -0.145. The Bertz CT molecular complexity index is 478. The SMILES string of the molecule is CCN(Cc1cc(Br)ccc1F)C(=O)[C@@H]1CNCCO1. The summed E-state index contributed by atoms with van der Waals surface area (Å²) in [4.78, 5) is 14.0. The van der Waals surface area contributed by atoms with Gasteiger partial charge in [0.1, 0.15) is 11.9 Å². The molecule has 6 heteroatoms. The number of carbonyl (C=O) groups excluding carboxylic acids is 1. The number of carbonyl (C=O) groups is 1. The number of hydrogen-bond donors (Lipinski definition) is 1. The summed E-state index contributed by atoms with van der Waals surface area (Å²) >= 11 is 3.32. The van der Waals surface area contributed by atoms with Crippen molar-refractivity contribution in [1.29, 1.82) is 0 Å². The molecule has 0 radical (unpaired) electrons. The first kappa shape index (κ1) is 15.4. The Kier molecular flexibility index (Phi) is 5.51. The van der Waals surface area contributed by atoms with Crippen molar-refractivity contribution in [3.63, 3.8) is 0 Å². The average Bonchev–Trinajstić information content (AvgIpc) is 2.48. The van der Waals surface area contributed by atoms with Crippen molar-refractivity contribution in [1.82, 2.24) is 10.2 Å². The lowest BCUT2D eigenvalue weighted by Crippen LogP contribution is -2.49. The fourth-order valence-electron chi connectivity index (χ4n) is 2.14. The molecular formula is C14H18BrFN2O2. The Labute approximate surface area is 126 Å². The molecule has 1 aliphatic rings. The second-order valence-corrected chi connectivity index (χ2v) is 5.57. The van der Waals surface area contributed by atoms with Crippen LogP contribution in [-0.2, 0) is 16.1 Å². The lowest BCUT2D eigenvalue weighted by atomic mass is 10.1. The van der Waals surface area contributed by atoms with E-state index in [1.165, 1.54) is 6.07 Å². The molecule has 0 saturated carbocycles. The van der Waals surface area contributed by atoms with E-state index in [0.717, 1.165) is 11.0 Å². The van der Waals surface area contributed by atoms with Crippen LogP contribution in [0.5, 0.6) is 0 Å². The van der Waals surface area contributed by atoms with E-state index < -0.39 is 6.10 Å². The zero-order valence-electron chi connectivity index (χ0n) is 11.4. The molecular weight excluding hydrogens is 327 g/mol. The number of morpholine rings is 1. The van der Waals surface area contributed by atoms with E-state index in [4.69, 9.17) is 4.74 Å². The maximum atomic E-state index is 13.8. The van der Waals surface area contributed by atoms with Gasteiger partial charge in [-0.3, -0.25) is 4.79 Å². The van der Waals surface area contributed by atoms with Gasteiger partial charge >= 0.3 is 0 Å². The number of likely N-dealkylation sites (N-methyl/N-ethyl adjacent to an activating group) is 1. The minimum absolute atomic E-state index is 0.0981. The van der Waals surface area contributed by atoms with Gasteiger partial charge in [-0.05, 0) is 25.1 Å². The number of ether oxygens (including phenoxy) is 1. The van der Waals surface area contributed by atoms with Crippen LogP contribution in [0.25, 0.3) is 0 Å². The summed E-state index contributed by atoms with van der Waals surface area (Å²) in [5.41, 5.74) is 0.498. The van der Waals surface area contributed by atoms with Crippen molar-refractivity contribution in [2.45, 2.75) is 19.6 Å². The molecule has 1 aromatic carbocycles. The van der Waals surface area contributed by atoms with E-state index in [2.05, 4.69) is 21.2 Å². The zero-order valence-corrected chi connectivity index (χ0v) is 13.0. The third-order valence-electron chi connectivity index (χ3n) is 3.27. The quantitative estimate of drug-likeness (QED) is 0.907. The van der Waals surface area contributed by atoms with Gasteiger partial charge < -0.3 is 15.0 Å². The Morgan fingerprint density at radius 3 is 3.05 bits per heavy atom. The van der Waals surface area contributed by atoms with Crippen molar-refractivity contribution < 1.29 is 13.9 Å². The topological polar surface area (TPSA) is 41.6 Å². The Hall–Kier alpha value is -0.980. The second kappa shape index (κ2) is 7.15. The van der Waals surface area contributed by atoms with Crippen molar-refractivity contribution in [2.75, 3.05) is 26.2 Å². The first-order valence-electron chi connectivity index (χ1n) is 6.67. The van der Waals surface area contributed by atoms with Crippen molar-refractivity contribution in [3.05, 3.63) is 34.1 Å². The monoisotopic (exact) mass is 344 g/mol. The van der Waals surface area contributed by atoms with Gasteiger partial charge in [0, 0.05) is 36.2 Å². The smallest absolute Gasteiger partial charge is 0.253 e. The van der Waals surface area contributed by atoms with Gasteiger partial charge in [-0.1, -0.05) is 15.9 Å². The minimum atomic E-state index is -0.473. The molecule has 1 N–H and O–H groups in total. The van der Waals surface area contributed by atoms with Gasteiger partial charge in [0.2, 0.25) is 0 Å². The Morgan fingerprint density at radius 1 is 1.60 bits per heavy atom. The summed E-state index contributed by atoms with van der Waals surface area (Å²) in [6.07, 6.45) is -0.473. The fraction of sp³-hybridized carbons (Fsp3) is 0.500. The van der Waals surface area contributed by atoms with E-state index in [1.54, 1.807) is 17.0 Å². The number of halogens is 2. The second-order valence-electron chi connectivity index (χ2n) is 4.65. The summed E-state index contributed by atoms with van der Waals surface area (Å²) in [5.74, 6) is -0.402. The number of nitrogens with zero attached hydrogens (tertiary/aromatic N) is 1. The molecule has 0 bridgehead atoms. The van der Waals surface area contributed by atoms with Gasteiger partial charge in [-0.25, -0.2) is 4.39 Å². The summed E-state index contributed by atoms with van der Waals surface area (Å²) < 4.78 is 20.0. The van der Waals surface area contributed by atoms with E-state index in [9.17, 15) is 9.18 Å². The molecule has 1 atom stereocenters. The number of amides is 1. The van der Waals surface area contributed by atoms with Crippen molar-refractivity contribution >= 4 is 21.8 Å². The van der Waals surface area contributed by atoms with E-state index in [1.807, 2.05) is 6.92 Å². The van der Waals surface area contributed by atoms with Crippen LogP contribution >= 0.6 is 15.9 Å². The summed E-state index contributed by atoms with van der Waals surface area (Å²) in [6, 6.07) is 4.74. The van der Waals surface area contributed by atoms with E-state index >= 15 is 0 Å². The first-order chi connectivity index (χ1) is 9.61. The number of nitrogens with one attached hydrogen (secondary N) is 1. The van der Waals surface area contributed by atoms with E-state index in [-0.39, 0.29) is 18.3 Å². The van der Waals surface area contributed by atoms with Crippen molar-refractivity contribution in [2.24, 2.45) is 0 Å². The molecule has 1 heterocycles. The van der Waals surface area contributed by atoms with Crippen LogP contribution < -0.4 is 5.32 Å². The van der Waals surface area contributed by atoms with E-state index in [0.29, 0.717) is 25.3 Å². The number of rotatable bonds is 4. The van der Waals surface area contributed by atoms with Crippen molar-refractivity contribution in [3.8, 4) is 0 Å². The highest BCUT2D eigenvalue weighted by atomic mass is 79.9. The Morgan fingerprint density at radius 2 is 2.40 bits per heavy atom. The van der Waals surface area contributed by atoms with Crippen LogP contribution in [-0.4, -0.2) is 43.2 Å². The summed E-state index contributed by atoms with van der Waals surface area (Å²) in [6.45, 7) is 4.45. The van der Waals surface area contributed by atoms with Gasteiger partial charge in [-0.2, -0.15) is 0 Å². The molecule has 20 heavy (non-hydrogen) atoms. The number of benzene rings is 1. The van der Waals surface area contributed by atoms with Crippen LogP contribution in [0.15, 0.2) is 22.7 Å². The zero-order chi connectivity index (χ0) is 14.5. The summed E-state index contributed by atoms with van der Waals surface area (Å²) in [7, 11) is 0. The van der Waals surface area contributed by atoms with Gasteiger partial charge in [0.15, 0.2) is 0 Å². The molecule has 1 saturated heterocycles. The van der Waals surface area contributed by atoms with Crippen LogP contribution in [0.1, 0.15) is 12.5 Å². The molecule has 1 amide bonds. The lowest BCUT2D eigenvalue weighted by Gasteiger charge is -2.29. The Balaban J connectivity index is 2.07. The minimum Gasteiger partial charge on any atom is -0.366 e. The maximum absolute atomic E-state index is 13.8. The molecule has 0 unspecified atom stereocenters. The average molecular weight is 345 g/mol. The molecule has 4 nitrogen and oxygen atoms in total. The van der Waals surface area contributed by atoms with Crippen LogP contribution in [0.2, 0.25) is 0 Å². The van der Waals surface area contributed by atoms with Gasteiger partial charge in [0.05, 0.1) is 6.61 Å². The molecule has 0 aromatic heterocycles. The van der Waals surface area contributed by atoms with Crippen LogP contribution in [0, 0.1) is 5.82 Å². The van der Waals surface area contributed by atoms with Gasteiger partial charge in [0.25, 0.3) is 5.91 Å². The first-order valence-corrected chi connectivity index (χ1v) is 7.46. The predicted octanol–water partition coefficient (Wildman–Crippen LogP) is 1.93. The third kappa shape index (κ3) is 3.77. The maximum Gasteiger partial charge on any atom is 0.253 e. The standard InChI is InChI=1S/C14H18BrFN2O2/c1-2-18(14(19)13-8-17-5-6-20-13)9-10-7-11(15)3-4-12(10)16/h3-4,7,13,17H,2,5-6,8-9H2,1H3/t13-/m0/s1. The predicted molar refractivity (Wildman–Crippen MR) is 77.8 cm³/mol. The fourth-order valence-corrected chi connectivity index (χ4v) is 2.55. The van der Waals surface area contributed by atoms with Crippen LogP contribution in [0.4, 0.5) is 4.39 Å². The molecule has 1 aromatic rings. The highest BCUT2D eigenvalue weighted by Gasteiger charge is 2.26. The molecule has 1 fully saturated rings. The molecule has 0 aliphatic carbocycles. The highest BCUT2D eigenvalue weighted by molar-refractivity contribution is 9.10. The third-order valence-corrected chi connectivity index (χ3v) is 3.76. The molecule has 2 rings (SSSR count). The van der Waals surface area contributed by atoms with Crippen LogP contribution in [0.3, 0.4) is 0 Å². The number of hydrogen-bond acceptors (Lipinski definition) is 3. The molecule has 1 aliphatic heterocycles. The molecule has 110 valence electrons. The highest BCUT2D eigenvalue weighted by Crippen LogP contribution is 2.18. The summed E-state index contributed by atoms with van der Waals surface area (Å²) in [5, 5.41) is 3.12. The normalized spacial score (nSPS) is 18.9.